The fourth-order valence-electron chi connectivity index (χ4n) is 2.69. The van der Waals surface area contributed by atoms with E-state index in [0.29, 0.717) is 0 Å². The van der Waals surface area contributed by atoms with Gasteiger partial charge in [-0.05, 0) is 30.0 Å². The zero-order valence-corrected chi connectivity index (χ0v) is 11.3. The molecule has 0 radical (unpaired) electrons. The van der Waals surface area contributed by atoms with Crippen molar-refractivity contribution in [3.8, 4) is 0 Å². The second kappa shape index (κ2) is 4.25. The van der Waals surface area contributed by atoms with E-state index < -0.39 is 0 Å². The highest BCUT2D eigenvalue weighted by Crippen LogP contribution is 2.59. The largest absolute Gasteiger partial charge is 0.465 e. The molecule has 1 heterocycles. The Morgan fingerprint density at radius 2 is 2.12 bits per heavy atom. The molecule has 17 heavy (non-hydrogen) atoms. The summed E-state index contributed by atoms with van der Waals surface area (Å²) in [6.07, 6.45) is 2.15. The van der Waals surface area contributed by atoms with Crippen LogP contribution in [0.4, 0.5) is 0 Å². The van der Waals surface area contributed by atoms with E-state index in [9.17, 15) is 4.79 Å². The summed E-state index contributed by atoms with van der Waals surface area (Å²) in [5, 5.41) is 0. The van der Waals surface area contributed by atoms with Crippen LogP contribution in [0, 0.1) is 0 Å². The predicted molar refractivity (Wildman–Crippen MR) is 72.7 cm³/mol. The Bertz CT molecular complexity index is 464. The molecule has 3 rings (SSSR count). The molecule has 0 atom stereocenters. The molecule has 1 aliphatic carbocycles. The van der Waals surface area contributed by atoms with Crippen LogP contribution in [0.15, 0.2) is 18.2 Å². The van der Waals surface area contributed by atoms with Crippen molar-refractivity contribution in [3.63, 3.8) is 0 Å². The van der Waals surface area contributed by atoms with Gasteiger partial charge in [-0.3, -0.25) is 0 Å². The number of ether oxygens (including phenoxy) is 1. The van der Waals surface area contributed by atoms with Gasteiger partial charge in [-0.25, -0.2) is 4.79 Å². The number of thioether (sulfide) groups is 2. The summed E-state index contributed by atoms with van der Waals surface area (Å²) in [4.78, 5) is 11.7. The van der Waals surface area contributed by atoms with Gasteiger partial charge in [0.25, 0.3) is 0 Å². The second-order valence-electron chi connectivity index (χ2n) is 4.27. The van der Waals surface area contributed by atoms with Gasteiger partial charge < -0.3 is 4.74 Å². The Morgan fingerprint density at radius 1 is 1.35 bits per heavy atom. The third-order valence-corrected chi connectivity index (χ3v) is 7.01. The molecule has 0 amide bonds. The zero-order valence-electron chi connectivity index (χ0n) is 9.69. The summed E-state index contributed by atoms with van der Waals surface area (Å²) in [5.74, 6) is 2.23. The van der Waals surface area contributed by atoms with E-state index >= 15 is 0 Å². The molecule has 2 nitrogen and oxygen atoms in total. The summed E-state index contributed by atoms with van der Waals surface area (Å²) in [6.45, 7) is 0. The quantitative estimate of drug-likeness (QED) is 0.730. The van der Waals surface area contributed by atoms with Gasteiger partial charge in [0.05, 0.1) is 16.8 Å². The van der Waals surface area contributed by atoms with E-state index in [1.807, 2.05) is 35.7 Å². The number of benzene rings is 1. The minimum atomic E-state index is -0.202. The van der Waals surface area contributed by atoms with Gasteiger partial charge in [0.15, 0.2) is 0 Å². The lowest BCUT2D eigenvalue weighted by Crippen LogP contribution is -2.10. The molecule has 1 aliphatic heterocycles. The third kappa shape index (κ3) is 1.69. The highest BCUT2D eigenvalue weighted by Gasteiger charge is 2.43. The van der Waals surface area contributed by atoms with Crippen molar-refractivity contribution in [1.29, 1.82) is 0 Å². The number of hydrogen-bond donors (Lipinski definition) is 0. The van der Waals surface area contributed by atoms with E-state index in [2.05, 4.69) is 6.07 Å². The van der Waals surface area contributed by atoms with Gasteiger partial charge in [0.1, 0.15) is 0 Å². The zero-order chi connectivity index (χ0) is 11.9. The van der Waals surface area contributed by atoms with E-state index in [-0.39, 0.29) is 10.0 Å². The number of methoxy groups -OCH3 is 1. The molecule has 4 heteroatoms. The molecule has 0 aromatic heterocycles. The average molecular weight is 266 g/mol. The fraction of sp³-hybridized carbons (Fsp3) is 0.462. The van der Waals surface area contributed by atoms with E-state index in [0.717, 1.165) is 18.4 Å². The number of esters is 1. The maximum absolute atomic E-state index is 11.7. The van der Waals surface area contributed by atoms with Crippen molar-refractivity contribution in [2.24, 2.45) is 0 Å². The van der Waals surface area contributed by atoms with Gasteiger partial charge in [0.2, 0.25) is 0 Å². The maximum atomic E-state index is 11.7. The van der Waals surface area contributed by atoms with Crippen LogP contribution in [0.25, 0.3) is 0 Å². The predicted octanol–water partition coefficient (Wildman–Crippen LogP) is 3.05. The van der Waals surface area contributed by atoms with Gasteiger partial charge in [-0.15, -0.1) is 23.5 Å². The molecule has 0 bridgehead atoms. The Morgan fingerprint density at radius 3 is 2.82 bits per heavy atom. The van der Waals surface area contributed by atoms with Gasteiger partial charge in [0, 0.05) is 11.5 Å². The monoisotopic (exact) mass is 266 g/mol. The summed E-state index contributed by atoms with van der Waals surface area (Å²) >= 11 is 4.07. The first kappa shape index (κ1) is 11.5. The molecule has 2 aliphatic rings. The average Bonchev–Trinajstić information content (AvgIpc) is 2.98. The highest BCUT2D eigenvalue weighted by atomic mass is 32.2. The Hall–Kier alpha value is -0.610. The summed E-state index contributed by atoms with van der Waals surface area (Å²) in [6, 6.07) is 6.05. The first-order chi connectivity index (χ1) is 8.27. The number of carbonyl (C=O) groups is 1. The number of carbonyl (C=O) groups excluding carboxylic acids is 1. The smallest absolute Gasteiger partial charge is 0.338 e. The normalized spacial score (nSPS) is 20.5. The Labute approximate surface area is 109 Å². The first-order valence-electron chi connectivity index (χ1n) is 5.75. The number of hydrogen-bond acceptors (Lipinski definition) is 4. The van der Waals surface area contributed by atoms with Gasteiger partial charge in [-0.1, -0.05) is 12.1 Å². The van der Waals surface area contributed by atoms with Crippen molar-refractivity contribution in [2.75, 3.05) is 18.6 Å². The lowest BCUT2D eigenvalue weighted by Gasteiger charge is -2.22. The van der Waals surface area contributed by atoms with Crippen LogP contribution in [-0.4, -0.2) is 24.6 Å². The topological polar surface area (TPSA) is 26.3 Å². The lowest BCUT2D eigenvalue weighted by molar-refractivity contribution is 0.0599. The molecule has 90 valence electrons. The molecule has 0 unspecified atom stereocenters. The van der Waals surface area contributed by atoms with Crippen molar-refractivity contribution >= 4 is 29.5 Å². The molecular weight excluding hydrogens is 252 g/mol. The van der Waals surface area contributed by atoms with Crippen LogP contribution < -0.4 is 0 Å². The van der Waals surface area contributed by atoms with Crippen LogP contribution in [-0.2, 0) is 15.2 Å². The summed E-state index contributed by atoms with van der Waals surface area (Å²) < 4.78 is 5.08. The van der Waals surface area contributed by atoms with Gasteiger partial charge in [-0.2, -0.15) is 0 Å². The first-order valence-corrected chi connectivity index (χ1v) is 7.72. The SMILES string of the molecule is COC(=O)c1cccc2c1CCC21SCCS1. The van der Waals surface area contributed by atoms with Crippen molar-refractivity contribution in [2.45, 2.75) is 16.9 Å². The van der Waals surface area contributed by atoms with Crippen LogP contribution in [0.2, 0.25) is 0 Å². The minimum Gasteiger partial charge on any atom is -0.465 e. The number of rotatable bonds is 1. The van der Waals surface area contributed by atoms with Crippen molar-refractivity contribution in [1.82, 2.24) is 0 Å². The van der Waals surface area contributed by atoms with Crippen molar-refractivity contribution in [3.05, 3.63) is 34.9 Å². The van der Waals surface area contributed by atoms with E-state index in [1.54, 1.807) is 0 Å². The summed E-state index contributed by atoms with van der Waals surface area (Å²) in [5.41, 5.74) is 3.32. The molecule has 1 saturated heterocycles. The Kier molecular flexibility index (Phi) is 2.87. The van der Waals surface area contributed by atoms with Crippen molar-refractivity contribution < 1.29 is 9.53 Å². The third-order valence-electron chi connectivity index (χ3n) is 3.45. The standard InChI is InChI=1S/C13H14O2S2/c1-15-12(14)10-3-2-4-11-9(10)5-6-13(11)16-7-8-17-13/h2-4H,5-8H2,1H3. The van der Waals surface area contributed by atoms with Crippen LogP contribution >= 0.6 is 23.5 Å². The molecular formula is C13H14O2S2. The molecule has 1 spiro atoms. The van der Waals surface area contributed by atoms with Gasteiger partial charge >= 0.3 is 5.97 Å². The molecule has 1 fully saturated rings. The van der Waals surface area contributed by atoms with E-state index in [4.69, 9.17) is 4.74 Å². The Balaban J connectivity index is 2.09. The number of fused-ring (bicyclic) bond motifs is 2. The second-order valence-corrected chi connectivity index (χ2v) is 7.32. The van der Waals surface area contributed by atoms with Crippen LogP contribution in [0.1, 0.15) is 27.9 Å². The molecule has 1 aromatic carbocycles. The molecule has 0 saturated carbocycles. The maximum Gasteiger partial charge on any atom is 0.338 e. The lowest BCUT2D eigenvalue weighted by atomic mass is 10.0. The van der Waals surface area contributed by atoms with Crippen LogP contribution in [0.5, 0.6) is 0 Å². The molecule has 0 N–H and O–H groups in total. The van der Waals surface area contributed by atoms with Crippen LogP contribution in [0.3, 0.4) is 0 Å². The highest BCUT2D eigenvalue weighted by molar-refractivity contribution is 8.20. The summed E-state index contributed by atoms with van der Waals surface area (Å²) in [7, 11) is 1.45. The minimum absolute atomic E-state index is 0.202. The fourth-order valence-corrected chi connectivity index (χ4v) is 6.04. The van der Waals surface area contributed by atoms with E-state index in [1.165, 1.54) is 29.7 Å². The molecule has 1 aromatic rings.